The molecule has 1 aliphatic rings. The lowest BCUT2D eigenvalue weighted by Gasteiger charge is -2.39. The molecule has 0 aliphatic carbocycles. The fraction of sp³-hybridized carbons (Fsp3) is 0.350. The number of nitrogens with one attached hydrogen (secondary N) is 1. The summed E-state index contributed by atoms with van der Waals surface area (Å²) in [6.45, 7) is 4.78. The number of carbonyl (C=O) groups excluding carboxylic acids is 2. The molecule has 1 aromatic carbocycles. The summed E-state index contributed by atoms with van der Waals surface area (Å²) in [6.07, 6.45) is 0. The SMILES string of the molecule is COC(=O)C1=C(C)[C@](C(=O)OC)(/C(C)=N/O)NC(C)=C1c1ccc(OC)cc1. The average molecular weight is 388 g/mol. The molecule has 150 valence electrons. The fourth-order valence-electron chi connectivity index (χ4n) is 3.42. The number of methoxy groups -OCH3 is 3. The summed E-state index contributed by atoms with van der Waals surface area (Å²) in [5.41, 5.74) is 0.707. The van der Waals surface area contributed by atoms with Crippen LogP contribution in [0.15, 0.2) is 46.3 Å². The summed E-state index contributed by atoms with van der Waals surface area (Å²) in [4.78, 5) is 25.4. The Labute approximate surface area is 163 Å². The second-order valence-corrected chi connectivity index (χ2v) is 6.27. The highest BCUT2D eigenvalue weighted by molar-refractivity contribution is 6.19. The Kier molecular flexibility index (Phi) is 6.12. The summed E-state index contributed by atoms with van der Waals surface area (Å²) in [7, 11) is 4.05. The molecule has 0 radical (unpaired) electrons. The van der Waals surface area contributed by atoms with Crippen molar-refractivity contribution in [2.75, 3.05) is 21.3 Å². The van der Waals surface area contributed by atoms with E-state index in [2.05, 4.69) is 10.5 Å². The Morgan fingerprint density at radius 1 is 1.07 bits per heavy atom. The van der Waals surface area contributed by atoms with Crippen LogP contribution in [0.3, 0.4) is 0 Å². The van der Waals surface area contributed by atoms with Gasteiger partial charge in [0.1, 0.15) is 5.75 Å². The average Bonchev–Trinajstić information content (AvgIpc) is 2.73. The van der Waals surface area contributed by atoms with E-state index in [-0.39, 0.29) is 11.3 Å². The largest absolute Gasteiger partial charge is 0.497 e. The summed E-state index contributed by atoms with van der Waals surface area (Å²) in [5, 5.41) is 15.7. The topological polar surface area (TPSA) is 106 Å². The molecule has 2 N–H and O–H groups in total. The van der Waals surface area contributed by atoms with E-state index in [0.717, 1.165) is 5.56 Å². The van der Waals surface area contributed by atoms with E-state index < -0.39 is 17.5 Å². The van der Waals surface area contributed by atoms with Gasteiger partial charge >= 0.3 is 11.9 Å². The predicted octanol–water partition coefficient (Wildman–Crippen LogP) is 2.28. The summed E-state index contributed by atoms with van der Waals surface area (Å²) in [6, 6.07) is 7.13. The van der Waals surface area contributed by atoms with Gasteiger partial charge < -0.3 is 24.7 Å². The predicted molar refractivity (Wildman–Crippen MR) is 103 cm³/mol. The minimum absolute atomic E-state index is 0.0337. The number of esters is 2. The van der Waals surface area contributed by atoms with Crippen molar-refractivity contribution in [3.05, 3.63) is 46.7 Å². The van der Waals surface area contributed by atoms with Crippen molar-refractivity contribution >= 4 is 23.2 Å². The van der Waals surface area contributed by atoms with E-state index >= 15 is 0 Å². The second-order valence-electron chi connectivity index (χ2n) is 6.27. The highest BCUT2D eigenvalue weighted by atomic mass is 16.5. The lowest BCUT2D eigenvalue weighted by atomic mass is 9.76. The van der Waals surface area contributed by atoms with Gasteiger partial charge in [-0.3, -0.25) is 0 Å². The third-order valence-electron chi connectivity index (χ3n) is 4.89. The maximum Gasteiger partial charge on any atom is 0.342 e. The van der Waals surface area contributed by atoms with E-state index in [1.807, 2.05) is 0 Å². The first-order valence-corrected chi connectivity index (χ1v) is 8.49. The monoisotopic (exact) mass is 388 g/mol. The molecule has 0 saturated carbocycles. The van der Waals surface area contributed by atoms with Crippen molar-refractivity contribution < 1.29 is 29.0 Å². The third kappa shape index (κ3) is 3.21. The van der Waals surface area contributed by atoms with Crippen LogP contribution in [-0.2, 0) is 19.1 Å². The molecule has 28 heavy (non-hydrogen) atoms. The van der Waals surface area contributed by atoms with Gasteiger partial charge in [-0.2, -0.15) is 0 Å². The quantitative estimate of drug-likeness (QED) is 0.345. The zero-order valence-electron chi connectivity index (χ0n) is 16.7. The normalized spacial score (nSPS) is 19.9. The van der Waals surface area contributed by atoms with E-state index in [9.17, 15) is 14.8 Å². The molecule has 0 bridgehead atoms. The van der Waals surface area contributed by atoms with E-state index in [0.29, 0.717) is 22.6 Å². The van der Waals surface area contributed by atoms with Gasteiger partial charge in [-0.25, -0.2) is 9.59 Å². The molecule has 1 aliphatic heterocycles. The molecule has 0 aromatic heterocycles. The van der Waals surface area contributed by atoms with Crippen molar-refractivity contribution in [3.8, 4) is 5.75 Å². The van der Waals surface area contributed by atoms with Crippen LogP contribution < -0.4 is 10.1 Å². The third-order valence-corrected chi connectivity index (χ3v) is 4.89. The van der Waals surface area contributed by atoms with E-state index in [4.69, 9.17) is 14.2 Å². The maximum atomic E-state index is 12.7. The maximum absolute atomic E-state index is 12.7. The van der Waals surface area contributed by atoms with Crippen LogP contribution in [0.4, 0.5) is 0 Å². The van der Waals surface area contributed by atoms with Gasteiger partial charge in [0.15, 0.2) is 5.54 Å². The molecule has 8 heteroatoms. The van der Waals surface area contributed by atoms with Gasteiger partial charge in [0.2, 0.25) is 0 Å². The van der Waals surface area contributed by atoms with Gasteiger partial charge in [-0.1, -0.05) is 17.3 Å². The Bertz CT molecular complexity index is 882. The summed E-state index contributed by atoms with van der Waals surface area (Å²) >= 11 is 0. The number of hydrogen-bond acceptors (Lipinski definition) is 8. The van der Waals surface area contributed by atoms with Crippen molar-refractivity contribution in [3.63, 3.8) is 0 Å². The summed E-state index contributed by atoms with van der Waals surface area (Å²) in [5.74, 6) is -0.670. The number of carbonyl (C=O) groups is 2. The van der Waals surface area contributed by atoms with Crippen LogP contribution in [0.1, 0.15) is 26.3 Å². The first-order chi connectivity index (χ1) is 13.3. The Morgan fingerprint density at radius 3 is 2.14 bits per heavy atom. The van der Waals surface area contributed by atoms with Crippen LogP contribution in [0.25, 0.3) is 5.57 Å². The van der Waals surface area contributed by atoms with Crippen molar-refractivity contribution in [2.24, 2.45) is 5.16 Å². The molecule has 0 amide bonds. The van der Waals surface area contributed by atoms with Gasteiger partial charge in [0.05, 0.1) is 32.6 Å². The number of nitrogens with zero attached hydrogens (tertiary/aromatic N) is 1. The Hall–Kier alpha value is -3.29. The lowest BCUT2D eigenvalue weighted by Crippen LogP contribution is -2.60. The first-order valence-electron chi connectivity index (χ1n) is 8.49. The number of dihydropyridines is 1. The number of allylic oxidation sites excluding steroid dienone is 1. The standard InChI is InChI=1S/C20H24N2O6/c1-11-16(18(23)27-5)17(14-7-9-15(26-4)10-8-14)12(2)21-20(11,13(3)22-25)19(24)28-6/h7-10,21,25H,1-6H3/b22-13+/t20-/m1/s1. The first kappa shape index (κ1) is 21.0. The highest BCUT2D eigenvalue weighted by Crippen LogP contribution is 2.39. The van der Waals surface area contributed by atoms with Crippen LogP contribution in [0, 0.1) is 0 Å². The van der Waals surface area contributed by atoms with E-state index in [1.165, 1.54) is 21.1 Å². The van der Waals surface area contributed by atoms with Crippen LogP contribution in [0.5, 0.6) is 5.75 Å². The van der Waals surface area contributed by atoms with Crippen molar-refractivity contribution in [2.45, 2.75) is 26.3 Å². The number of benzene rings is 1. The van der Waals surface area contributed by atoms with Gasteiger partial charge in [0.25, 0.3) is 0 Å². The van der Waals surface area contributed by atoms with Crippen molar-refractivity contribution in [1.82, 2.24) is 5.32 Å². The molecular weight excluding hydrogens is 364 g/mol. The minimum atomic E-state index is -1.63. The minimum Gasteiger partial charge on any atom is -0.497 e. The lowest BCUT2D eigenvalue weighted by molar-refractivity contribution is -0.144. The number of ether oxygens (including phenoxy) is 3. The molecule has 8 nitrogen and oxygen atoms in total. The number of rotatable bonds is 5. The fourth-order valence-corrected chi connectivity index (χ4v) is 3.42. The Morgan fingerprint density at radius 2 is 1.68 bits per heavy atom. The second kappa shape index (κ2) is 8.16. The zero-order chi connectivity index (χ0) is 21.1. The molecular formula is C20H24N2O6. The molecule has 0 unspecified atom stereocenters. The van der Waals surface area contributed by atoms with Crippen LogP contribution in [-0.4, -0.2) is 49.7 Å². The molecule has 0 fully saturated rings. The molecule has 1 heterocycles. The number of hydrogen-bond donors (Lipinski definition) is 2. The van der Waals surface area contributed by atoms with Crippen molar-refractivity contribution in [1.29, 1.82) is 0 Å². The highest BCUT2D eigenvalue weighted by Gasteiger charge is 2.50. The Balaban J connectivity index is 2.82. The smallest absolute Gasteiger partial charge is 0.342 e. The molecule has 0 saturated heterocycles. The van der Waals surface area contributed by atoms with E-state index in [1.54, 1.807) is 45.2 Å². The van der Waals surface area contributed by atoms with Gasteiger partial charge in [-0.05, 0) is 44.0 Å². The zero-order valence-corrected chi connectivity index (χ0v) is 16.7. The summed E-state index contributed by atoms with van der Waals surface area (Å²) < 4.78 is 15.1. The molecule has 2 rings (SSSR count). The van der Waals surface area contributed by atoms with Gasteiger partial charge in [0, 0.05) is 11.3 Å². The van der Waals surface area contributed by atoms with Gasteiger partial charge in [-0.15, -0.1) is 0 Å². The molecule has 1 atom stereocenters. The van der Waals surface area contributed by atoms with Crippen LogP contribution in [0.2, 0.25) is 0 Å². The molecule has 1 aromatic rings. The number of oxime groups is 1. The molecule has 0 spiro atoms. The van der Waals surface area contributed by atoms with Crippen LogP contribution >= 0.6 is 0 Å².